The molecule has 0 heterocycles. The molecule has 0 N–H and O–H groups in total. The second-order valence-electron chi connectivity index (χ2n) is 20.1. The quantitative estimate of drug-likeness (QED) is 0.0478. The van der Waals surface area contributed by atoms with Crippen LogP contribution >= 0.6 is 0 Å². The Bertz CT molecular complexity index is 3090. The van der Waals surface area contributed by atoms with E-state index in [9.17, 15) is 9.59 Å². The highest BCUT2D eigenvalue weighted by Gasteiger charge is 2.37. The third-order valence-corrected chi connectivity index (χ3v) is 14.7. The molecule has 75 heavy (non-hydrogen) atoms. The maximum Gasteiger partial charge on any atom is 0.516 e. The first-order valence-electron chi connectivity index (χ1n) is 26.3. The van der Waals surface area contributed by atoms with E-state index in [1.165, 1.54) is 57.9 Å². The number of hydrogen-bond donors (Lipinski definition) is 0. The zero-order chi connectivity index (χ0) is 52.3. The van der Waals surface area contributed by atoms with Gasteiger partial charge in [-0.3, -0.25) is 4.79 Å². The zero-order valence-electron chi connectivity index (χ0n) is 44.2. The van der Waals surface area contributed by atoms with Crippen LogP contribution in [0.1, 0.15) is 94.7 Å². The third kappa shape index (κ3) is 12.6. The number of esters is 1. The molecule has 0 unspecified atom stereocenters. The van der Waals surface area contributed by atoms with Crippen molar-refractivity contribution in [3.05, 3.63) is 238 Å². The summed E-state index contributed by atoms with van der Waals surface area (Å²) >= 11 is 0. The second kappa shape index (κ2) is 23.8. The van der Waals surface area contributed by atoms with Crippen LogP contribution in [-0.2, 0) is 45.4 Å². The molecule has 0 spiro atoms. The molecule has 8 aromatic rings. The van der Waals surface area contributed by atoms with Crippen LogP contribution in [0, 0.1) is 27.7 Å². The van der Waals surface area contributed by atoms with Gasteiger partial charge in [0.05, 0.1) is 7.11 Å². The molecule has 0 saturated heterocycles. The molecule has 1 aliphatic rings. The van der Waals surface area contributed by atoms with Gasteiger partial charge in [-0.25, -0.2) is 4.79 Å². The smallest absolute Gasteiger partial charge is 0.496 e. The standard InChI is InChI=1S/C67H68N2O6/c1-47-10-28-58(29-11-47)68(59-30-12-48(2)13-31-59)62-36-20-52(21-37-62)18-24-54-44-56(26-40-64(54)72-6)67(42-8-7-9-43-67)57-27-41-65(75-66(71)74-46-73-51(5)70)55(45-57)25-19-53-22-38-63(39-23-53)69(60-32-14-49(3)15-33-60)61-34-16-50(4)17-35-61/h10-17,20-23,26-41,44-45H,7-9,18-19,24-25,42-43,46H2,1-6H3. The number of aryl methyl sites for hydroxylation is 8. The summed E-state index contributed by atoms with van der Waals surface area (Å²) in [4.78, 5) is 29.1. The summed E-state index contributed by atoms with van der Waals surface area (Å²) in [6.07, 6.45) is 7.39. The van der Waals surface area contributed by atoms with Crippen LogP contribution in [0.2, 0.25) is 0 Å². The van der Waals surface area contributed by atoms with Gasteiger partial charge in [0, 0.05) is 46.5 Å². The molecule has 382 valence electrons. The van der Waals surface area contributed by atoms with E-state index in [1.54, 1.807) is 7.11 Å². The number of rotatable bonds is 18. The molecule has 0 bridgehead atoms. The Morgan fingerprint density at radius 3 is 1.17 bits per heavy atom. The van der Waals surface area contributed by atoms with Gasteiger partial charge in [0.15, 0.2) is 0 Å². The van der Waals surface area contributed by atoms with Gasteiger partial charge in [-0.1, -0.05) is 139 Å². The predicted octanol–water partition coefficient (Wildman–Crippen LogP) is 16.7. The number of anilines is 6. The highest BCUT2D eigenvalue weighted by Crippen LogP contribution is 2.47. The number of hydrogen-bond acceptors (Lipinski definition) is 8. The van der Waals surface area contributed by atoms with Gasteiger partial charge in [0.2, 0.25) is 6.79 Å². The highest BCUT2D eigenvalue weighted by molar-refractivity contribution is 5.78. The molecular weight excluding hydrogens is 929 g/mol. The second-order valence-corrected chi connectivity index (χ2v) is 20.1. The molecule has 0 atom stereocenters. The maximum absolute atomic E-state index is 13.1. The van der Waals surface area contributed by atoms with Gasteiger partial charge in [-0.15, -0.1) is 0 Å². The Hall–Kier alpha value is -8.10. The Labute approximate surface area is 443 Å². The van der Waals surface area contributed by atoms with E-state index in [1.807, 2.05) is 6.07 Å². The van der Waals surface area contributed by atoms with Gasteiger partial charge in [0.25, 0.3) is 0 Å². The Balaban J connectivity index is 0.985. The van der Waals surface area contributed by atoms with Crippen LogP contribution in [0.4, 0.5) is 38.9 Å². The van der Waals surface area contributed by atoms with Crippen LogP contribution in [0.25, 0.3) is 0 Å². The topological polar surface area (TPSA) is 77.5 Å². The van der Waals surface area contributed by atoms with Crippen molar-refractivity contribution in [2.75, 3.05) is 23.7 Å². The third-order valence-electron chi connectivity index (χ3n) is 14.7. The summed E-state index contributed by atoms with van der Waals surface area (Å²) in [7, 11) is 1.76. The summed E-state index contributed by atoms with van der Waals surface area (Å²) < 4.78 is 22.0. The Kier molecular flexibility index (Phi) is 16.5. The van der Waals surface area contributed by atoms with Crippen LogP contribution in [0.15, 0.2) is 182 Å². The molecule has 9 rings (SSSR count). The normalized spacial score (nSPS) is 12.9. The van der Waals surface area contributed by atoms with E-state index < -0.39 is 18.9 Å². The average Bonchev–Trinajstić information content (AvgIpc) is 3.43. The zero-order valence-corrected chi connectivity index (χ0v) is 44.2. The largest absolute Gasteiger partial charge is 0.516 e. The van der Waals surface area contributed by atoms with E-state index in [-0.39, 0.29) is 5.41 Å². The minimum absolute atomic E-state index is 0.267. The number of nitrogens with zero attached hydrogens (tertiary/aromatic N) is 2. The van der Waals surface area contributed by atoms with Crippen molar-refractivity contribution >= 4 is 46.2 Å². The van der Waals surface area contributed by atoms with Gasteiger partial charge < -0.3 is 28.7 Å². The fourth-order valence-corrected chi connectivity index (χ4v) is 10.5. The van der Waals surface area contributed by atoms with E-state index in [0.29, 0.717) is 18.6 Å². The molecule has 0 aromatic heterocycles. The lowest BCUT2D eigenvalue weighted by molar-refractivity contribution is -0.149. The number of benzene rings is 8. The van der Waals surface area contributed by atoms with Gasteiger partial charge in [-0.2, -0.15) is 0 Å². The summed E-state index contributed by atoms with van der Waals surface area (Å²) in [6, 6.07) is 65.3. The minimum Gasteiger partial charge on any atom is -0.496 e. The number of carbonyl (C=O) groups excluding carboxylic acids is 2. The number of carbonyl (C=O) groups is 2. The summed E-state index contributed by atoms with van der Waals surface area (Å²) in [6.45, 7) is 9.19. The fourth-order valence-electron chi connectivity index (χ4n) is 10.5. The Morgan fingerprint density at radius 1 is 0.440 bits per heavy atom. The summed E-state index contributed by atoms with van der Waals surface area (Å²) in [5.74, 6) is 0.754. The number of methoxy groups -OCH3 is 1. The lowest BCUT2D eigenvalue weighted by atomic mass is 9.64. The van der Waals surface area contributed by atoms with Crippen molar-refractivity contribution in [3.8, 4) is 11.5 Å². The molecule has 8 nitrogen and oxygen atoms in total. The van der Waals surface area contributed by atoms with Crippen LogP contribution < -0.4 is 19.3 Å². The molecule has 1 saturated carbocycles. The molecule has 1 fully saturated rings. The Morgan fingerprint density at radius 2 is 0.800 bits per heavy atom. The fraction of sp³-hybridized carbons (Fsp3) is 0.254. The van der Waals surface area contributed by atoms with Gasteiger partial charge in [0.1, 0.15) is 11.5 Å². The first-order valence-corrected chi connectivity index (χ1v) is 26.3. The number of ether oxygens (including phenoxy) is 4. The monoisotopic (exact) mass is 997 g/mol. The van der Waals surface area contributed by atoms with Crippen molar-refractivity contribution < 1.29 is 28.5 Å². The molecule has 0 amide bonds. The van der Waals surface area contributed by atoms with E-state index in [4.69, 9.17) is 18.9 Å². The van der Waals surface area contributed by atoms with E-state index in [0.717, 1.165) is 89.5 Å². The van der Waals surface area contributed by atoms with Gasteiger partial charge in [-0.05, 0) is 185 Å². The molecule has 0 radical (unpaired) electrons. The maximum atomic E-state index is 13.1. The van der Waals surface area contributed by atoms with E-state index in [2.05, 4.69) is 213 Å². The average molecular weight is 997 g/mol. The van der Waals surface area contributed by atoms with Crippen LogP contribution in [0.5, 0.6) is 11.5 Å². The van der Waals surface area contributed by atoms with Crippen molar-refractivity contribution in [1.29, 1.82) is 0 Å². The lowest BCUT2D eigenvalue weighted by Gasteiger charge is -2.39. The predicted molar refractivity (Wildman–Crippen MR) is 303 cm³/mol. The van der Waals surface area contributed by atoms with Crippen LogP contribution in [-0.4, -0.2) is 26.0 Å². The van der Waals surface area contributed by atoms with E-state index >= 15 is 0 Å². The minimum atomic E-state index is -0.932. The molecular formula is C67H68N2O6. The SMILES string of the molecule is COc1ccc(C2(c3ccc(OC(=O)OCOC(C)=O)c(CCc4ccc(N(c5ccc(C)cc5)c5ccc(C)cc5)cc4)c3)CCCCC2)cc1CCc1ccc(N(c2ccc(C)cc2)c2ccc(C)cc2)cc1. The lowest BCUT2D eigenvalue weighted by Crippen LogP contribution is -2.31. The molecule has 0 aliphatic heterocycles. The van der Waals surface area contributed by atoms with Crippen molar-refractivity contribution in [1.82, 2.24) is 0 Å². The summed E-state index contributed by atoms with van der Waals surface area (Å²) in [5.41, 5.74) is 18.1. The molecule has 8 heteroatoms. The van der Waals surface area contributed by atoms with Crippen molar-refractivity contribution in [3.63, 3.8) is 0 Å². The summed E-state index contributed by atoms with van der Waals surface area (Å²) in [5, 5.41) is 0. The van der Waals surface area contributed by atoms with Gasteiger partial charge >= 0.3 is 12.1 Å². The first kappa shape index (κ1) is 51.8. The molecule has 1 aliphatic carbocycles. The highest BCUT2D eigenvalue weighted by atomic mass is 16.8. The first-order chi connectivity index (χ1) is 36.4. The van der Waals surface area contributed by atoms with Crippen molar-refractivity contribution in [2.24, 2.45) is 0 Å². The molecule has 8 aromatic carbocycles. The van der Waals surface area contributed by atoms with Crippen molar-refractivity contribution in [2.45, 2.75) is 97.8 Å². The van der Waals surface area contributed by atoms with Crippen LogP contribution in [0.3, 0.4) is 0 Å².